The van der Waals surface area contributed by atoms with Crippen LogP contribution in [-0.4, -0.2) is 40.6 Å². The van der Waals surface area contributed by atoms with Crippen LogP contribution < -0.4 is 10.6 Å². The lowest BCUT2D eigenvalue weighted by Gasteiger charge is -2.29. The quantitative estimate of drug-likeness (QED) is 0.341. The second-order valence-corrected chi connectivity index (χ2v) is 8.73. The number of piperidine rings is 1. The summed E-state index contributed by atoms with van der Waals surface area (Å²) in [7, 11) is 0. The second kappa shape index (κ2) is 10.5. The summed E-state index contributed by atoms with van der Waals surface area (Å²) in [5.41, 5.74) is 2.74. The second-order valence-electron chi connectivity index (χ2n) is 8.29. The molecule has 34 heavy (non-hydrogen) atoms. The molecule has 1 saturated heterocycles. The van der Waals surface area contributed by atoms with E-state index in [1.165, 1.54) is 12.5 Å². The van der Waals surface area contributed by atoms with Crippen molar-refractivity contribution < 1.29 is 9.59 Å². The van der Waals surface area contributed by atoms with Crippen molar-refractivity contribution in [3.05, 3.63) is 88.1 Å². The summed E-state index contributed by atoms with van der Waals surface area (Å²) in [4.78, 5) is 32.0. The van der Waals surface area contributed by atoms with Crippen molar-refractivity contribution in [1.29, 1.82) is 5.41 Å². The van der Waals surface area contributed by atoms with Crippen LogP contribution in [0, 0.1) is 12.3 Å². The first-order valence-corrected chi connectivity index (χ1v) is 11.6. The molecule has 0 atom stereocenters. The van der Waals surface area contributed by atoms with Crippen LogP contribution in [0.4, 0.5) is 11.5 Å². The van der Waals surface area contributed by atoms with Gasteiger partial charge in [-0.2, -0.15) is 0 Å². The summed E-state index contributed by atoms with van der Waals surface area (Å²) in [5, 5.41) is 14.3. The van der Waals surface area contributed by atoms with Gasteiger partial charge in [-0.15, -0.1) is 0 Å². The number of carbonyl (C=O) groups excluding carboxylic acids is 2. The lowest BCUT2D eigenvalue weighted by atomic mass is 10.1. The molecule has 2 amide bonds. The van der Waals surface area contributed by atoms with E-state index in [1.807, 2.05) is 13.0 Å². The lowest BCUT2D eigenvalue weighted by molar-refractivity contribution is 0.102. The molecule has 2 heterocycles. The molecule has 1 aromatic heterocycles. The predicted molar refractivity (Wildman–Crippen MR) is 135 cm³/mol. The first kappa shape index (κ1) is 23.4. The third kappa shape index (κ3) is 5.61. The normalized spacial score (nSPS) is 13.3. The molecule has 0 radical (unpaired) electrons. The summed E-state index contributed by atoms with van der Waals surface area (Å²) in [5.74, 6) is 0.0907. The van der Waals surface area contributed by atoms with E-state index in [9.17, 15) is 9.59 Å². The fourth-order valence-corrected chi connectivity index (χ4v) is 3.98. The standard InChI is InChI=1S/C26H26ClN5O2/c1-17-5-12-23(29-16-17)31-26(34)21-15-20(27)10-11-22(21)30-25(33)19-8-6-18(7-9-19)24(28)32-13-3-2-4-14-32/h5-12,15-16,28H,2-4,13-14H2,1H3,(H,30,33)(H,29,31,34). The molecule has 0 unspecified atom stereocenters. The minimum Gasteiger partial charge on any atom is -0.357 e. The number of hydrogen-bond donors (Lipinski definition) is 3. The van der Waals surface area contributed by atoms with Crippen LogP contribution >= 0.6 is 11.6 Å². The highest BCUT2D eigenvalue weighted by molar-refractivity contribution is 6.31. The Morgan fingerprint density at radius 2 is 1.62 bits per heavy atom. The van der Waals surface area contributed by atoms with Crippen LogP contribution in [0.3, 0.4) is 0 Å². The van der Waals surface area contributed by atoms with Gasteiger partial charge in [-0.3, -0.25) is 15.0 Å². The number of nitrogens with one attached hydrogen (secondary N) is 3. The Morgan fingerprint density at radius 1 is 0.912 bits per heavy atom. The minimum absolute atomic E-state index is 0.228. The Hall–Kier alpha value is -3.71. The number of aromatic nitrogens is 1. The first-order chi connectivity index (χ1) is 16.4. The molecular formula is C26H26ClN5O2. The summed E-state index contributed by atoms with van der Waals surface area (Å²) < 4.78 is 0. The number of pyridine rings is 1. The van der Waals surface area contributed by atoms with Gasteiger partial charge in [0.15, 0.2) is 0 Å². The molecule has 0 spiro atoms. The van der Waals surface area contributed by atoms with Crippen molar-refractivity contribution >= 4 is 40.8 Å². The molecule has 8 heteroatoms. The number of amides is 2. The van der Waals surface area contributed by atoms with Crippen LogP contribution in [0.2, 0.25) is 5.02 Å². The molecule has 1 fully saturated rings. The van der Waals surface area contributed by atoms with Gasteiger partial charge in [-0.25, -0.2) is 4.98 Å². The smallest absolute Gasteiger partial charge is 0.258 e. The zero-order valence-electron chi connectivity index (χ0n) is 18.9. The van der Waals surface area contributed by atoms with Gasteiger partial charge in [0.2, 0.25) is 0 Å². The topological polar surface area (TPSA) is 98.2 Å². The lowest BCUT2D eigenvalue weighted by Crippen LogP contribution is -2.35. The largest absolute Gasteiger partial charge is 0.357 e. The maximum Gasteiger partial charge on any atom is 0.258 e. The van der Waals surface area contributed by atoms with Gasteiger partial charge in [-0.1, -0.05) is 29.8 Å². The van der Waals surface area contributed by atoms with Gasteiger partial charge in [0.05, 0.1) is 11.3 Å². The number of rotatable bonds is 5. The Balaban J connectivity index is 1.47. The molecule has 0 bridgehead atoms. The van der Waals surface area contributed by atoms with E-state index >= 15 is 0 Å². The number of carbonyl (C=O) groups is 2. The first-order valence-electron chi connectivity index (χ1n) is 11.2. The average Bonchev–Trinajstić information content (AvgIpc) is 2.86. The van der Waals surface area contributed by atoms with Crippen LogP contribution in [-0.2, 0) is 0 Å². The van der Waals surface area contributed by atoms with Crippen molar-refractivity contribution in [3.63, 3.8) is 0 Å². The highest BCUT2D eigenvalue weighted by Crippen LogP contribution is 2.23. The predicted octanol–water partition coefficient (Wildman–Crippen LogP) is 5.36. The number of likely N-dealkylation sites (tertiary alicyclic amines) is 1. The molecular weight excluding hydrogens is 450 g/mol. The molecule has 0 aliphatic carbocycles. The van der Waals surface area contributed by atoms with E-state index in [-0.39, 0.29) is 11.5 Å². The van der Waals surface area contributed by atoms with E-state index in [2.05, 4.69) is 20.5 Å². The SMILES string of the molecule is Cc1ccc(NC(=O)c2cc(Cl)ccc2NC(=O)c2ccc(C(=N)N3CCCCC3)cc2)nc1. The van der Waals surface area contributed by atoms with E-state index < -0.39 is 5.91 Å². The number of benzene rings is 2. The van der Waals surface area contributed by atoms with Crippen molar-refractivity contribution in [3.8, 4) is 0 Å². The number of halogens is 1. The van der Waals surface area contributed by atoms with Gasteiger partial charge >= 0.3 is 0 Å². The van der Waals surface area contributed by atoms with Gasteiger partial charge in [0, 0.05) is 35.4 Å². The van der Waals surface area contributed by atoms with Crippen molar-refractivity contribution in [1.82, 2.24) is 9.88 Å². The number of anilines is 2. The molecule has 3 N–H and O–H groups in total. The molecule has 1 aliphatic heterocycles. The Labute approximate surface area is 203 Å². The molecule has 174 valence electrons. The molecule has 0 saturated carbocycles. The highest BCUT2D eigenvalue weighted by Gasteiger charge is 2.18. The summed E-state index contributed by atoms with van der Waals surface area (Å²) in [6, 6.07) is 15.2. The highest BCUT2D eigenvalue weighted by atomic mass is 35.5. The number of aryl methyl sites for hydroxylation is 1. The fraction of sp³-hybridized carbons (Fsp3) is 0.231. The summed E-state index contributed by atoms with van der Waals surface area (Å²) in [6.07, 6.45) is 5.06. The minimum atomic E-state index is -0.431. The summed E-state index contributed by atoms with van der Waals surface area (Å²) >= 11 is 6.12. The molecule has 3 aromatic rings. The molecule has 7 nitrogen and oxygen atoms in total. The monoisotopic (exact) mass is 475 g/mol. The number of hydrogen-bond acceptors (Lipinski definition) is 4. The van der Waals surface area contributed by atoms with Crippen molar-refractivity contribution in [2.75, 3.05) is 23.7 Å². The van der Waals surface area contributed by atoms with E-state index in [1.54, 1.807) is 48.7 Å². The van der Waals surface area contributed by atoms with Crippen LogP contribution in [0.5, 0.6) is 0 Å². The third-order valence-corrected chi connectivity index (χ3v) is 5.96. The van der Waals surface area contributed by atoms with Crippen LogP contribution in [0.15, 0.2) is 60.8 Å². The van der Waals surface area contributed by atoms with Gasteiger partial charge in [-0.05, 0) is 68.1 Å². The fourth-order valence-electron chi connectivity index (χ4n) is 3.81. The summed E-state index contributed by atoms with van der Waals surface area (Å²) in [6.45, 7) is 3.69. The van der Waals surface area contributed by atoms with E-state index in [0.29, 0.717) is 27.9 Å². The van der Waals surface area contributed by atoms with E-state index in [0.717, 1.165) is 37.1 Å². The van der Waals surface area contributed by atoms with E-state index in [4.69, 9.17) is 17.0 Å². The van der Waals surface area contributed by atoms with Gasteiger partial charge in [0.1, 0.15) is 11.7 Å². The molecule has 2 aromatic carbocycles. The maximum absolute atomic E-state index is 12.9. The van der Waals surface area contributed by atoms with Gasteiger partial charge in [0.25, 0.3) is 11.8 Å². The Morgan fingerprint density at radius 3 is 2.29 bits per heavy atom. The molecule has 1 aliphatic rings. The zero-order valence-corrected chi connectivity index (χ0v) is 19.7. The van der Waals surface area contributed by atoms with Crippen molar-refractivity contribution in [2.24, 2.45) is 0 Å². The third-order valence-electron chi connectivity index (χ3n) is 5.72. The van der Waals surface area contributed by atoms with Crippen LogP contribution in [0.1, 0.15) is 51.1 Å². The maximum atomic E-state index is 12.9. The van der Waals surface area contributed by atoms with Crippen LogP contribution in [0.25, 0.3) is 0 Å². The Bertz CT molecular complexity index is 1200. The average molecular weight is 476 g/mol. The Kier molecular flexibility index (Phi) is 7.23. The van der Waals surface area contributed by atoms with Crippen molar-refractivity contribution in [2.45, 2.75) is 26.2 Å². The zero-order chi connectivity index (χ0) is 24.1. The number of amidine groups is 1. The number of nitrogens with zero attached hydrogens (tertiary/aromatic N) is 2. The van der Waals surface area contributed by atoms with Gasteiger partial charge < -0.3 is 15.5 Å². The molecule has 4 rings (SSSR count).